The number of fused-ring (bicyclic) bond motifs is 5. The predicted molar refractivity (Wildman–Crippen MR) is 94.9 cm³/mol. The number of ketones is 1. The highest BCUT2D eigenvalue weighted by Gasteiger charge is 2.63. The molecule has 0 aliphatic heterocycles. The molecule has 0 spiro atoms. The third-order valence-corrected chi connectivity index (χ3v) is 8.68. The summed E-state index contributed by atoms with van der Waals surface area (Å²) in [6.45, 7) is 4.94. The van der Waals surface area contributed by atoms with E-state index in [0.29, 0.717) is 48.8 Å². The Labute approximate surface area is 151 Å². The van der Waals surface area contributed by atoms with E-state index in [2.05, 4.69) is 13.8 Å². The van der Waals surface area contributed by atoms with Gasteiger partial charge < -0.3 is 14.6 Å². The number of rotatable bonds is 3. The summed E-state index contributed by atoms with van der Waals surface area (Å²) in [5, 5.41) is 11.1. The van der Waals surface area contributed by atoms with Gasteiger partial charge in [-0.3, -0.25) is 4.79 Å². The van der Waals surface area contributed by atoms with Gasteiger partial charge in [-0.15, -0.1) is 0 Å². The fourth-order valence-electron chi connectivity index (χ4n) is 7.43. The Kier molecular flexibility index (Phi) is 4.53. The molecule has 142 valence electrons. The molecule has 1 N–H and O–H groups in total. The van der Waals surface area contributed by atoms with Crippen molar-refractivity contribution in [2.24, 2.45) is 34.5 Å². The minimum Gasteiger partial charge on any atom is -0.393 e. The van der Waals surface area contributed by atoms with E-state index in [1.807, 2.05) is 0 Å². The van der Waals surface area contributed by atoms with Crippen molar-refractivity contribution in [1.82, 2.24) is 0 Å². The minimum atomic E-state index is -0.322. The molecule has 0 heterocycles. The van der Waals surface area contributed by atoms with E-state index in [1.54, 1.807) is 7.11 Å². The van der Waals surface area contributed by atoms with Crippen molar-refractivity contribution in [2.75, 3.05) is 13.9 Å². The lowest BCUT2D eigenvalue weighted by atomic mass is 9.44. The second-order valence-corrected chi connectivity index (χ2v) is 9.70. The van der Waals surface area contributed by atoms with E-state index in [-0.39, 0.29) is 16.9 Å². The largest absolute Gasteiger partial charge is 0.393 e. The van der Waals surface area contributed by atoms with Crippen LogP contribution in [-0.4, -0.2) is 37.0 Å². The van der Waals surface area contributed by atoms with Crippen LogP contribution in [0, 0.1) is 34.5 Å². The van der Waals surface area contributed by atoms with Gasteiger partial charge in [-0.05, 0) is 74.0 Å². The van der Waals surface area contributed by atoms with Crippen LogP contribution < -0.4 is 0 Å². The number of hydrogen-bond donors (Lipinski definition) is 1. The minimum absolute atomic E-state index is 0.197. The lowest BCUT2D eigenvalue weighted by molar-refractivity contribution is -0.185. The molecule has 8 atom stereocenters. The molecule has 4 fully saturated rings. The Balaban J connectivity index is 1.56. The second-order valence-electron chi connectivity index (χ2n) is 9.70. The van der Waals surface area contributed by atoms with E-state index in [1.165, 1.54) is 12.8 Å². The zero-order chi connectivity index (χ0) is 17.8. The van der Waals surface area contributed by atoms with Gasteiger partial charge in [0.1, 0.15) is 12.6 Å². The van der Waals surface area contributed by atoms with Crippen molar-refractivity contribution in [3.63, 3.8) is 0 Å². The molecule has 0 aromatic heterocycles. The monoisotopic (exact) mass is 350 g/mol. The van der Waals surface area contributed by atoms with Gasteiger partial charge in [-0.1, -0.05) is 13.8 Å². The zero-order valence-corrected chi connectivity index (χ0v) is 16.0. The van der Waals surface area contributed by atoms with E-state index in [0.717, 1.165) is 32.1 Å². The number of carbonyl (C=O) groups is 1. The van der Waals surface area contributed by atoms with Gasteiger partial charge >= 0.3 is 0 Å². The second kappa shape index (κ2) is 6.31. The van der Waals surface area contributed by atoms with Crippen LogP contribution in [0.4, 0.5) is 0 Å². The van der Waals surface area contributed by atoms with Crippen molar-refractivity contribution >= 4 is 5.78 Å². The maximum absolute atomic E-state index is 12.5. The maximum Gasteiger partial charge on any atom is 0.146 e. The molecule has 0 saturated heterocycles. The van der Waals surface area contributed by atoms with Crippen molar-refractivity contribution in [3.05, 3.63) is 0 Å². The van der Waals surface area contributed by atoms with Gasteiger partial charge in [0.25, 0.3) is 0 Å². The van der Waals surface area contributed by atoms with Crippen molar-refractivity contribution in [3.8, 4) is 0 Å². The molecule has 4 rings (SSSR count). The van der Waals surface area contributed by atoms with Gasteiger partial charge in [0.15, 0.2) is 0 Å². The van der Waals surface area contributed by atoms with Crippen molar-refractivity contribution < 1.29 is 19.4 Å². The number of Topliss-reactive ketones (excluding diaryl/α,β-unsaturated/α-hetero) is 1. The number of hydrogen-bond acceptors (Lipinski definition) is 4. The number of aliphatic hydroxyl groups excluding tert-OH is 1. The molecule has 4 nitrogen and oxygen atoms in total. The van der Waals surface area contributed by atoms with Gasteiger partial charge in [0.05, 0.1) is 12.2 Å². The molecule has 4 heteroatoms. The summed E-state index contributed by atoms with van der Waals surface area (Å²) in [6.07, 6.45) is 8.11. The van der Waals surface area contributed by atoms with E-state index < -0.39 is 0 Å². The van der Waals surface area contributed by atoms with Crippen LogP contribution in [0.25, 0.3) is 0 Å². The SMILES string of the molecule is COCO[C@@H]1CC[C@@]2(C)[C@@H](CC[C@@H]3[C@@H]2[C@@H](O)C[C@]2(C)C(=O)CC[C@@H]32)C1. The fraction of sp³-hybridized carbons (Fsp3) is 0.952. The average molecular weight is 350 g/mol. The van der Waals surface area contributed by atoms with Crippen molar-refractivity contribution in [1.29, 1.82) is 0 Å². The zero-order valence-electron chi connectivity index (χ0n) is 16.0. The number of aliphatic hydroxyl groups is 1. The van der Waals surface area contributed by atoms with Crippen molar-refractivity contribution in [2.45, 2.75) is 77.4 Å². The molecule has 0 unspecified atom stereocenters. The van der Waals surface area contributed by atoms with E-state index in [9.17, 15) is 9.90 Å². The molecule has 4 saturated carbocycles. The Morgan fingerprint density at radius 1 is 1.20 bits per heavy atom. The first-order chi connectivity index (χ1) is 11.9. The Morgan fingerprint density at radius 3 is 2.76 bits per heavy atom. The highest BCUT2D eigenvalue weighted by molar-refractivity contribution is 5.87. The number of ether oxygens (including phenoxy) is 2. The Bertz CT molecular complexity index is 534. The van der Waals surface area contributed by atoms with Crippen LogP contribution >= 0.6 is 0 Å². The molecule has 25 heavy (non-hydrogen) atoms. The van der Waals surface area contributed by atoms with Gasteiger partial charge in [-0.25, -0.2) is 0 Å². The summed E-state index contributed by atoms with van der Waals surface area (Å²) in [5.74, 6) is 2.41. The molecule has 0 radical (unpaired) electrons. The standard InChI is InChI=1S/C21H34O4/c1-20-9-8-14(25-12-24-3)10-13(20)4-5-15-16-6-7-18(23)21(16,2)11-17(22)19(15)20/h13-17,19,22H,4-12H2,1-3H3/t13-,14+,15-,16-,17-,19+,20-,21-/m0/s1. The van der Waals surface area contributed by atoms with Crippen LogP contribution in [0.15, 0.2) is 0 Å². The first-order valence-corrected chi connectivity index (χ1v) is 10.2. The van der Waals surface area contributed by atoms with E-state index >= 15 is 0 Å². The molecule has 4 aliphatic rings. The Morgan fingerprint density at radius 2 is 2.00 bits per heavy atom. The fourth-order valence-corrected chi connectivity index (χ4v) is 7.43. The average Bonchev–Trinajstić information content (AvgIpc) is 2.87. The normalized spacial score (nSPS) is 52.4. The van der Waals surface area contributed by atoms with Crippen LogP contribution in [-0.2, 0) is 14.3 Å². The predicted octanol–water partition coefficient (Wildman–Crippen LogP) is 3.56. The molecule has 0 amide bonds. The summed E-state index contributed by atoms with van der Waals surface area (Å²) < 4.78 is 10.9. The molecule has 0 aromatic rings. The highest BCUT2D eigenvalue weighted by atomic mass is 16.7. The lowest BCUT2D eigenvalue weighted by Gasteiger charge is -2.61. The summed E-state index contributed by atoms with van der Waals surface area (Å²) in [6, 6.07) is 0. The van der Waals surface area contributed by atoms with Crippen LogP contribution in [0.3, 0.4) is 0 Å². The summed E-state index contributed by atoms with van der Waals surface area (Å²) >= 11 is 0. The topological polar surface area (TPSA) is 55.8 Å². The maximum atomic E-state index is 12.5. The van der Waals surface area contributed by atoms with E-state index in [4.69, 9.17) is 9.47 Å². The summed E-state index contributed by atoms with van der Waals surface area (Å²) in [4.78, 5) is 12.5. The molecular formula is C21H34O4. The first-order valence-electron chi connectivity index (χ1n) is 10.2. The molecule has 0 bridgehead atoms. The number of carbonyl (C=O) groups excluding carboxylic acids is 1. The quantitative estimate of drug-likeness (QED) is 0.791. The molecule has 4 aliphatic carbocycles. The third-order valence-electron chi connectivity index (χ3n) is 8.68. The first kappa shape index (κ1) is 17.9. The smallest absolute Gasteiger partial charge is 0.146 e. The van der Waals surface area contributed by atoms with Gasteiger partial charge in [0, 0.05) is 18.9 Å². The summed E-state index contributed by atoms with van der Waals surface area (Å²) in [7, 11) is 1.68. The summed E-state index contributed by atoms with van der Waals surface area (Å²) in [5.41, 5.74) is -0.0647. The Hall–Kier alpha value is -0.450. The van der Waals surface area contributed by atoms with Crippen LogP contribution in [0.1, 0.15) is 65.2 Å². The third kappa shape index (κ3) is 2.62. The van der Waals surface area contributed by atoms with Gasteiger partial charge in [0.2, 0.25) is 0 Å². The highest BCUT2D eigenvalue weighted by Crippen LogP contribution is 2.65. The van der Waals surface area contributed by atoms with Crippen LogP contribution in [0.2, 0.25) is 0 Å². The molecular weight excluding hydrogens is 316 g/mol. The lowest BCUT2D eigenvalue weighted by Crippen LogP contribution is -2.59. The number of methoxy groups -OCH3 is 1. The van der Waals surface area contributed by atoms with Gasteiger partial charge in [-0.2, -0.15) is 0 Å². The molecule has 0 aromatic carbocycles. The van der Waals surface area contributed by atoms with Crippen LogP contribution in [0.5, 0.6) is 0 Å².